The summed E-state index contributed by atoms with van der Waals surface area (Å²) in [4.78, 5) is 4.02. The van der Waals surface area contributed by atoms with E-state index in [1.165, 1.54) is 19.3 Å². The molecule has 0 saturated carbocycles. The van der Waals surface area contributed by atoms with E-state index in [1.54, 1.807) is 24.3 Å². The zero-order valence-corrected chi connectivity index (χ0v) is 12.9. The van der Waals surface area contributed by atoms with E-state index in [0.717, 1.165) is 22.5 Å². The highest BCUT2D eigenvalue weighted by Crippen LogP contribution is 2.28. The van der Waals surface area contributed by atoms with Gasteiger partial charge in [-0.05, 0) is 24.3 Å². The molecule has 0 aliphatic heterocycles. The Hall–Kier alpha value is -2.54. The third kappa shape index (κ3) is 2.63. The molecule has 0 atom stereocenters. The summed E-state index contributed by atoms with van der Waals surface area (Å²) in [5.41, 5.74) is -0.0865. The zero-order chi connectivity index (χ0) is 16.6. The van der Waals surface area contributed by atoms with E-state index in [9.17, 15) is 17.2 Å². The maximum absolute atomic E-state index is 13.9. The highest BCUT2D eigenvalue weighted by molar-refractivity contribution is 7.93. The van der Waals surface area contributed by atoms with E-state index in [2.05, 4.69) is 4.98 Å². The van der Waals surface area contributed by atoms with Gasteiger partial charge in [0.05, 0.1) is 11.2 Å². The second-order valence-corrected chi connectivity index (χ2v) is 6.84. The first-order valence-electron chi connectivity index (χ1n) is 6.69. The molecule has 0 aliphatic rings. The lowest BCUT2D eigenvalue weighted by Gasteiger charge is -2.20. The molecule has 0 saturated heterocycles. The number of hydrogen-bond acceptors (Lipinski definition) is 3. The molecule has 0 amide bonds. The second kappa shape index (κ2) is 5.58. The number of fused-ring (bicyclic) bond motifs is 1. The maximum atomic E-state index is 13.9. The van der Waals surface area contributed by atoms with E-state index in [1.807, 2.05) is 0 Å². The van der Waals surface area contributed by atoms with Gasteiger partial charge < -0.3 is 0 Å². The van der Waals surface area contributed by atoms with Crippen molar-refractivity contribution in [2.45, 2.75) is 4.90 Å². The quantitative estimate of drug-likeness (QED) is 0.738. The number of anilines is 1. The minimum atomic E-state index is -4.09. The van der Waals surface area contributed by atoms with Gasteiger partial charge in [0.15, 0.2) is 0 Å². The Morgan fingerprint density at radius 1 is 1.04 bits per heavy atom. The van der Waals surface area contributed by atoms with Crippen LogP contribution in [0.4, 0.5) is 14.5 Å². The Morgan fingerprint density at radius 3 is 2.57 bits per heavy atom. The van der Waals surface area contributed by atoms with Crippen molar-refractivity contribution in [3.05, 3.63) is 66.4 Å². The SMILES string of the molecule is CN(c1cc(F)ccc1F)S(=O)(=O)c1cccc2cccnc12. The van der Waals surface area contributed by atoms with Crippen molar-refractivity contribution in [2.75, 3.05) is 11.4 Å². The van der Waals surface area contributed by atoms with Crippen molar-refractivity contribution in [1.82, 2.24) is 4.98 Å². The number of sulfonamides is 1. The summed E-state index contributed by atoms with van der Waals surface area (Å²) in [5, 5.41) is 0.640. The summed E-state index contributed by atoms with van der Waals surface area (Å²) in [6.07, 6.45) is 1.48. The lowest BCUT2D eigenvalue weighted by Crippen LogP contribution is -2.27. The average Bonchev–Trinajstić information content (AvgIpc) is 2.55. The van der Waals surface area contributed by atoms with Gasteiger partial charge in [0.25, 0.3) is 10.0 Å². The summed E-state index contributed by atoms with van der Waals surface area (Å²) in [6, 6.07) is 10.8. The molecule has 2 aromatic carbocycles. The Bertz CT molecular complexity index is 985. The van der Waals surface area contributed by atoms with E-state index < -0.39 is 21.7 Å². The fourth-order valence-corrected chi connectivity index (χ4v) is 3.65. The minimum absolute atomic E-state index is 0.0678. The van der Waals surface area contributed by atoms with Gasteiger partial charge in [-0.15, -0.1) is 0 Å². The van der Waals surface area contributed by atoms with Crippen LogP contribution in [0.2, 0.25) is 0 Å². The number of pyridine rings is 1. The van der Waals surface area contributed by atoms with Crippen LogP contribution in [-0.4, -0.2) is 20.4 Å². The zero-order valence-electron chi connectivity index (χ0n) is 12.1. The molecule has 0 radical (unpaired) electrons. The van der Waals surface area contributed by atoms with E-state index in [-0.39, 0.29) is 16.1 Å². The highest BCUT2D eigenvalue weighted by Gasteiger charge is 2.26. The number of nitrogens with zero attached hydrogens (tertiary/aromatic N) is 2. The third-order valence-electron chi connectivity index (χ3n) is 3.48. The summed E-state index contributed by atoms with van der Waals surface area (Å²) >= 11 is 0. The van der Waals surface area contributed by atoms with Crippen molar-refractivity contribution >= 4 is 26.6 Å². The van der Waals surface area contributed by atoms with Crippen LogP contribution in [0.3, 0.4) is 0 Å². The molecular weight excluding hydrogens is 322 g/mol. The standard InChI is InChI=1S/C16H12F2N2O2S/c1-20(14-10-12(17)7-8-13(14)18)23(21,22)15-6-2-4-11-5-3-9-19-16(11)15/h2-10H,1H3. The largest absolute Gasteiger partial charge is 0.266 e. The fourth-order valence-electron chi connectivity index (χ4n) is 2.29. The first-order chi connectivity index (χ1) is 10.9. The predicted octanol–water partition coefficient (Wildman–Crippen LogP) is 3.34. The molecule has 0 unspecified atom stereocenters. The molecule has 1 heterocycles. The van der Waals surface area contributed by atoms with E-state index in [0.29, 0.717) is 5.39 Å². The van der Waals surface area contributed by atoms with Gasteiger partial charge in [-0.1, -0.05) is 18.2 Å². The lowest BCUT2D eigenvalue weighted by molar-refractivity contribution is 0.585. The topological polar surface area (TPSA) is 50.3 Å². The van der Waals surface area contributed by atoms with Crippen LogP contribution in [0, 0.1) is 11.6 Å². The molecule has 7 heteroatoms. The Morgan fingerprint density at radius 2 is 1.78 bits per heavy atom. The van der Waals surface area contributed by atoms with Gasteiger partial charge in [0, 0.05) is 24.7 Å². The summed E-state index contributed by atoms with van der Waals surface area (Å²) in [6.45, 7) is 0. The predicted molar refractivity (Wildman–Crippen MR) is 83.7 cm³/mol. The Labute approximate surface area is 132 Å². The number of halogens is 2. The van der Waals surface area contributed by atoms with Crippen LogP contribution < -0.4 is 4.31 Å². The van der Waals surface area contributed by atoms with Gasteiger partial charge in [-0.3, -0.25) is 9.29 Å². The Kier molecular flexibility index (Phi) is 3.73. The third-order valence-corrected chi connectivity index (χ3v) is 5.28. The number of para-hydroxylation sites is 1. The van der Waals surface area contributed by atoms with Crippen molar-refractivity contribution < 1.29 is 17.2 Å². The van der Waals surface area contributed by atoms with Crippen molar-refractivity contribution in [2.24, 2.45) is 0 Å². The molecule has 23 heavy (non-hydrogen) atoms. The van der Waals surface area contributed by atoms with Crippen molar-refractivity contribution in [3.63, 3.8) is 0 Å². The molecule has 0 N–H and O–H groups in total. The van der Waals surface area contributed by atoms with Crippen LogP contribution in [0.5, 0.6) is 0 Å². The first kappa shape index (κ1) is 15.4. The van der Waals surface area contributed by atoms with Gasteiger partial charge in [0.2, 0.25) is 0 Å². The fraction of sp³-hybridized carbons (Fsp3) is 0.0625. The molecule has 118 valence electrons. The maximum Gasteiger partial charge on any atom is 0.266 e. The van der Waals surface area contributed by atoms with Gasteiger partial charge in [0.1, 0.15) is 16.5 Å². The van der Waals surface area contributed by atoms with Crippen molar-refractivity contribution in [3.8, 4) is 0 Å². The second-order valence-electron chi connectivity index (χ2n) is 4.90. The van der Waals surface area contributed by atoms with Crippen LogP contribution in [0.1, 0.15) is 0 Å². The normalized spacial score (nSPS) is 11.6. The number of rotatable bonds is 3. The molecule has 3 rings (SSSR count). The summed E-state index contributed by atoms with van der Waals surface area (Å²) < 4.78 is 53.6. The average molecular weight is 334 g/mol. The molecule has 3 aromatic rings. The van der Waals surface area contributed by atoms with Crippen molar-refractivity contribution in [1.29, 1.82) is 0 Å². The van der Waals surface area contributed by atoms with E-state index >= 15 is 0 Å². The highest BCUT2D eigenvalue weighted by atomic mass is 32.2. The molecule has 1 aromatic heterocycles. The molecule has 0 aliphatic carbocycles. The summed E-state index contributed by atoms with van der Waals surface area (Å²) in [7, 11) is -2.92. The first-order valence-corrected chi connectivity index (χ1v) is 8.13. The van der Waals surface area contributed by atoms with E-state index in [4.69, 9.17) is 0 Å². The van der Waals surface area contributed by atoms with Crippen LogP contribution in [-0.2, 0) is 10.0 Å². The molecular formula is C16H12F2N2O2S. The van der Waals surface area contributed by atoms with Crippen LogP contribution in [0.15, 0.2) is 59.6 Å². The van der Waals surface area contributed by atoms with Crippen LogP contribution in [0.25, 0.3) is 10.9 Å². The van der Waals surface area contributed by atoms with Gasteiger partial charge in [-0.2, -0.15) is 0 Å². The summed E-state index contributed by atoms with van der Waals surface area (Å²) in [5.74, 6) is -1.55. The monoisotopic (exact) mass is 334 g/mol. The number of benzene rings is 2. The Balaban J connectivity index is 2.19. The van der Waals surface area contributed by atoms with Gasteiger partial charge in [-0.25, -0.2) is 17.2 Å². The molecule has 0 fully saturated rings. The smallest absolute Gasteiger partial charge is 0.266 e. The number of aromatic nitrogens is 1. The molecule has 4 nitrogen and oxygen atoms in total. The minimum Gasteiger partial charge on any atom is -0.266 e. The lowest BCUT2D eigenvalue weighted by atomic mass is 10.2. The molecule has 0 spiro atoms. The molecule has 0 bridgehead atoms. The van der Waals surface area contributed by atoms with Gasteiger partial charge >= 0.3 is 0 Å². The number of hydrogen-bond donors (Lipinski definition) is 0. The van der Waals surface area contributed by atoms with Crippen LogP contribution >= 0.6 is 0 Å².